The lowest BCUT2D eigenvalue weighted by molar-refractivity contribution is -0.557. The van der Waals surface area contributed by atoms with Gasteiger partial charge in [0, 0.05) is 5.56 Å². The predicted octanol–water partition coefficient (Wildman–Crippen LogP) is -0.319. The van der Waals surface area contributed by atoms with Crippen LogP contribution < -0.4 is 11.5 Å². The van der Waals surface area contributed by atoms with Crippen molar-refractivity contribution in [3.63, 3.8) is 0 Å². The number of amidine groups is 2. The number of rotatable bonds is 2. The fourth-order valence-corrected chi connectivity index (χ4v) is 1.60. The molecular weight excluding hydrogens is 232 g/mol. The number of nitrogens with two attached hydrogens (primary N) is 2. The molecule has 1 aliphatic heterocycles. The third kappa shape index (κ3) is 3.21. The Balaban J connectivity index is 2.02. The number of hydrogen-bond acceptors (Lipinski definition) is 3. The van der Waals surface area contributed by atoms with Gasteiger partial charge in [0.1, 0.15) is 13.1 Å². The first-order valence-corrected chi connectivity index (χ1v) is 5.78. The summed E-state index contributed by atoms with van der Waals surface area (Å²) in [4.78, 5) is 5.13. The van der Waals surface area contributed by atoms with Gasteiger partial charge in [0.05, 0.1) is 13.2 Å². The van der Waals surface area contributed by atoms with Crippen LogP contribution in [0.15, 0.2) is 35.5 Å². The van der Waals surface area contributed by atoms with E-state index < -0.39 is 0 Å². The second-order valence-electron chi connectivity index (χ2n) is 3.87. The molecule has 2 rings (SSSR count). The molecule has 6 heteroatoms. The first-order chi connectivity index (χ1) is 8.77. The molecular formula is C12H17N4O2+. The lowest BCUT2D eigenvalue weighted by atomic mass is 10.2. The molecule has 96 valence electrons. The van der Waals surface area contributed by atoms with E-state index >= 15 is 0 Å². The molecule has 0 saturated carbocycles. The van der Waals surface area contributed by atoms with Crippen LogP contribution in [0.2, 0.25) is 0 Å². The maximum atomic E-state index is 5.79. The van der Waals surface area contributed by atoms with Crippen LogP contribution in [0.1, 0.15) is 5.56 Å². The zero-order valence-corrected chi connectivity index (χ0v) is 10.1. The molecule has 0 atom stereocenters. The van der Waals surface area contributed by atoms with Crippen molar-refractivity contribution in [3.05, 3.63) is 35.9 Å². The lowest BCUT2D eigenvalue weighted by Crippen LogP contribution is -2.38. The van der Waals surface area contributed by atoms with Crippen molar-refractivity contribution in [2.45, 2.75) is 0 Å². The van der Waals surface area contributed by atoms with Crippen LogP contribution in [0.4, 0.5) is 0 Å². The maximum absolute atomic E-state index is 5.79. The highest BCUT2D eigenvalue weighted by atomic mass is 16.6. The molecule has 0 bridgehead atoms. The van der Waals surface area contributed by atoms with Gasteiger partial charge in [-0.2, -0.15) is 0 Å². The number of ether oxygens (including phenoxy) is 1. The Morgan fingerprint density at radius 2 is 1.83 bits per heavy atom. The van der Waals surface area contributed by atoms with Crippen LogP contribution in [-0.2, 0) is 9.57 Å². The molecule has 0 spiro atoms. The largest absolute Gasteiger partial charge is 0.468 e. The normalized spacial score (nSPS) is 16.4. The van der Waals surface area contributed by atoms with E-state index in [1.165, 1.54) is 0 Å². The van der Waals surface area contributed by atoms with Gasteiger partial charge in [0.15, 0.2) is 5.84 Å². The molecule has 0 unspecified atom stereocenters. The summed E-state index contributed by atoms with van der Waals surface area (Å²) in [7, 11) is 0. The van der Waals surface area contributed by atoms with Crippen molar-refractivity contribution in [2.24, 2.45) is 16.6 Å². The molecule has 1 heterocycles. The maximum Gasteiger partial charge on any atom is 0.468 e. The minimum atomic E-state index is 0.247. The van der Waals surface area contributed by atoms with Crippen molar-refractivity contribution >= 4 is 11.9 Å². The van der Waals surface area contributed by atoms with Gasteiger partial charge in [-0.3, -0.25) is 10.6 Å². The molecule has 1 aromatic rings. The van der Waals surface area contributed by atoms with Crippen molar-refractivity contribution < 1.29 is 14.1 Å². The van der Waals surface area contributed by atoms with Crippen molar-refractivity contribution in [1.29, 1.82) is 0 Å². The summed E-state index contributed by atoms with van der Waals surface area (Å²) in [6, 6.07) is 9.63. The first kappa shape index (κ1) is 12.4. The van der Waals surface area contributed by atoms with Crippen LogP contribution in [-0.4, -0.2) is 42.7 Å². The second-order valence-corrected chi connectivity index (χ2v) is 3.87. The van der Waals surface area contributed by atoms with Crippen molar-refractivity contribution in [2.75, 3.05) is 26.3 Å². The van der Waals surface area contributed by atoms with E-state index in [-0.39, 0.29) is 6.02 Å². The monoisotopic (exact) mass is 249 g/mol. The number of nitrogens with zero attached hydrogens (tertiary/aromatic N) is 2. The van der Waals surface area contributed by atoms with E-state index in [1.807, 2.05) is 34.9 Å². The zero-order valence-electron chi connectivity index (χ0n) is 10.1. The summed E-state index contributed by atoms with van der Waals surface area (Å²) in [6.07, 6.45) is 0. The highest BCUT2D eigenvalue weighted by Gasteiger charge is 2.14. The molecule has 0 radical (unpaired) electrons. The van der Waals surface area contributed by atoms with Gasteiger partial charge >= 0.3 is 6.02 Å². The van der Waals surface area contributed by atoms with Crippen LogP contribution in [0.25, 0.3) is 0 Å². The van der Waals surface area contributed by atoms with Crippen molar-refractivity contribution in [3.8, 4) is 0 Å². The Hall–Kier alpha value is -2.08. The smallest absolute Gasteiger partial charge is 0.380 e. The second kappa shape index (κ2) is 6.02. The van der Waals surface area contributed by atoms with Gasteiger partial charge in [-0.15, -0.1) is 0 Å². The van der Waals surface area contributed by atoms with Gasteiger partial charge in [0.2, 0.25) is 0 Å². The number of benzene rings is 1. The van der Waals surface area contributed by atoms with Crippen LogP contribution in [0.3, 0.4) is 0 Å². The number of morpholine rings is 1. The van der Waals surface area contributed by atoms with Crippen LogP contribution in [0.5, 0.6) is 0 Å². The Morgan fingerprint density at radius 3 is 2.50 bits per heavy atom. The summed E-state index contributed by atoms with van der Waals surface area (Å²) in [5, 5.41) is 3.82. The third-order valence-electron chi connectivity index (χ3n) is 2.63. The molecule has 18 heavy (non-hydrogen) atoms. The van der Waals surface area contributed by atoms with E-state index in [0.29, 0.717) is 32.1 Å². The van der Waals surface area contributed by atoms with Gasteiger partial charge in [-0.25, -0.2) is 4.58 Å². The fraction of sp³-hybridized carbons (Fsp3) is 0.333. The molecule has 0 amide bonds. The third-order valence-corrected chi connectivity index (χ3v) is 2.63. The fourth-order valence-electron chi connectivity index (χ4n) is 1.60. The summed E-state index contributed by atoms with van der Waals surface area (Å²) < 4.78 is 7.08. The standard InChI is InChI=1S/C12H16N4O2/c13-11(10-4-2-1-3-5-10)15-18-12(14)16-6-8-17-9-7-16/h1-5,14H,6-9H2,(H2,13,15)/p+1. The van der Waals surface area contributed by atoms with Gasteiger partial charge in [-0.05, 0) is 0 Å². The molecule has 1 saturated heterocycles. The molecule has 1 aliphatic rings. The van der Waals surface area contributed by atoms with E-state index in [1.54, 1.807) is 0 Å². The Bertz CT molecular complexity index is 448. The topological polar surface area (TPSA) is 85.9 Å². The lowest BCUT2D eigenvalue weighted by Gasteiger charge is -2.13. The summed E-state index contributed by atoms with van der Waals surface area (Å²) >= 11 is 0. The van der Waals surface area contributed by atoms with E-state index in [0.717, 1.165) is 5.56 Å². The molecule has 1 fully saturated rings. The number of oxime groups is 1. The molecule has 0 aromatic heterocycles. The summed E-state index contributed by atoms with van der Waals surface area (Å²) in [5.41, 5.74) is 12.4. The SMILES string of the molecule is NC(O/N=C(\N)c1ccccc1)=[N+]1CCOCC1. The summed E-state index contributed by atoms with van der Waals surface area (Å²) in [5.74, 6) is 0.298. The Labute approximate surface area is 105 Å². The summed E-state index contributed by atoms with van der Waals surface area (Å²) in [6.45, 7) is 2.68. The van der Waals surface area contributed by atoms with Gasteiger partial charge in [-0.1, -0.05) is 35.5 Å². The minimum absolute atomic E-state index is 0.247. The zero-order chi connectivity index (χ0) is 12.8. The molecule has 6 nitrogen and oxygen atoms in total. The quantitative estimate of drug-likeness (QED) is 0.325. The molecule has 0 aliphatic carbocycles. The van der Waals surface area contributed by atoms with E-state index in [2.05, 4.69) is 5.16 Å². The highest BCUT2D eigenvalue weighted by molar-refractivity contribution is 5.97. The van der Waals surface area contributed by atoms with E-state index in [4.69, 9.17) is 21.0 Å². The Morgan fingerprint density at radius 1 is 1.17 bits per heavy atom. The van der Waals surface area contributed by atoms with Gasteiger partial charge in [0.25, 0.3) is 0 Å². The number of hydrogen-bond donors (Lipinski definition) is 2. The Kier molecular flexibility index (Phi) is 4.14. The average Bonchev–Trinajstić information content (AvgIpc) is 2.46. The van der Waals surface area contributed by atoms with E-state index in [9.17, 15) is 0 Å². The molecule has 1 aromatic carbocycles. The predicted molar refractivity (Wildman–Crippen MR) is 68.3 cm³/mol. The average molecular weight is 249 g/mol. The highest BCUT2D eigenvalue weighted by Crippen LogP contribution is 1.98. The minimum Gasteiger partial charge on any atom is -0.380 e. The molecule has 4 N–H and O–H groups in total. The van der Waals surface area contributed by atoms with Crippen molar-refractivity contribution in [1.82, 2.24) is 0 Å². The van der Waals surface area contributed by atoms with Crippen LogP contribution in [0, 0.1) is 0 Å². The van der Waals surface area contributed by atoms with Crippen LogP contribution >= 0.6 is 0 Å². The van der Waals surface area contributed by atoms with Gasteiger partial charge < -0.3 is 10.5 Å². The first-order valence-electron chi connectivity index (χ1n) is 5.78.